The van der Waals surface area contributed by atoms with Gasteiger partial charge in [0, 0.05) is 16.7 Å². The van der Waals surface area contributed by atoms with Crippen LogP contribution in [0, 0.1) is 0 Å². The van der Waals surface area contributed by atoms with Gasteiger partial charge in [0.05, 0.1) is 0 Å². The zero-order valence-electron chi connectivity index (χ0n) is 11.6. The van der Waals surface area contributed by atoms with Gasteiger partial charge in [-0.05, 0) is 43.3 Å². The molecule has 1 N–H and O–H groups in total. The second-order valence-electron chi connectivity index (χ2n) is 4.75. The van der Waals surface area contributed by atoms with Crippen molar-refractivity contribution in [3.63, 3.8) is 0 Å². The zero-order valence-corrected chi connectivity index (χ0v) is 12.4. The van der Waals surface area contributed by atoms with Crippen molar-refractivity contribution in [2.24, 2.45) is 0 Å². The third-order valence-corrected chi connectivity index (χ3v) is 3.35. The number of nitrogens with zero attached hydrogens (tertiary/aromatic N) is 1. The smallest absolute Gasteiger partial charge is 0.344 e. The molecule has 0 unspecified atom stereocenters. The van der Waals surface area contributed by atoms with Gasteiger partial charge >= 0.3 is 5.97 Å². The number of carbonyl (C=O) groups is 1. The molecule has 0 radical (unpaired) electrons. The second kappa shape index (κ2) is 5.69. The van der Waals surface area contributed by atoms with Crippen LogP contribution in [0.4, 0.5) is 0 Å². The van der Waals surface area contributed by atoms with Crippen molar-refractivity contribution in [1.29, 1.82) is 0 Å². The minimum Gasteiger partial charge on any atom is -0.479 e. The minimum absolute atomic E-state index is 0.468. The Morgan fingerprint density at radius 2 is 2.00 bits per heavy atom. The molecule has 0 amide bonds. The Balaban J connectivity index is 1.86. The normalized spacial score (nSPS) is 12.3. The van der Waals surface area contributed by atoms with Crippen LogP contribution >= 0.6 is 11.6 Å². The lowest BCUT2D eigenvalue weighted by atomic mass is 10.2. The number of carboxylic acid groups (broad SMARTS) is 1. The van der Waals surface area contributed by atoms with Crippen molar-refractivity contribution in [3.05, 3.63) is 47.5 Å². The molecular weight excluding hydrogens is 306 g/mol. The number of oxazole rings is 1. The molecular formula is C16H12ClNO4. The van der Waals surface area contributed by atoms with Crippen LogP contribution in [0.1, 0.15) is 6.92 Å². The molecule has 1 heterocycles. The number of halogens is 1. The van der Waals surface area contributed by atoms with Crippen molar-refractivity contribution in [1.82, 2.24) is 4.98 Å². The van der Waals surface area contributed by atoms with E-state index in [1.165, 1.54) is 6.92 Å². The highest BCUT2D eigenvalue weighted by atomic mass is 35.5. The first kappa shape index (κ1) is 14.4. The van der Waals surface area contributed by atoms with Crippen molar-refractivity contribution in [2.75, 3.05) is 0 Å². The lowest BCUT2D eigenvalue weighted by Gasteiger charge is -2.10. The monoisotopic (exact) mass is 317 g/mol. The van der Waals surface area contributed by atoms with Gasteiger partial charge in [0.1, 0.15) is 11.3 Å². The zero-order chi connectivity index (χ0) is 15.7. The lowest BCUT2D eigenvalue weighted by Crippen LogP contribution is -2.22. The van der Waals surface area contributed by atoms with E-state index in [0.717, 1.165) is 11.1 Å². The molecule has 22 heavy (non-hydrogen) atoms. The van der Waals surface area contributed by atoms with Crippen LogP contribution in [-0.2, 0) is 4.79 Å². The summed E-state index contributed by atoms with van der Waals surface area (Å²) in [5.41, 5.74) is 2.10. The highest BCUT2D eigenvalue weighted by Gasteiger charge is 2.13. The van der Waals surface area contributed by atoms with Crippen molar-refractivity contribution >= 4 is 28.7 Å². The molecule has 0 saturated carbocycles. The third kappa shape index (κ3) is 2.89. The first-order valence-corrected chi connectivity index (χ1v) is 6.97. The standard InChI is InChI=1S/C16H12ClNO4/c1-9(16(19)20)21-12-5-2-10(3-6-12)15-18-13-7-4-11(17)8-14(13)22-15/h2-9H,1H3,(H,19,20)/t9-/m1/s1. The summed E-state index contributed by atoms with van der Waals surface area (Å²) in [5.74, 6) is -0.0761. The summed E-state index contributed by atoms with van der Waals surface area (Å²) < 4.78 is 10.9. The highest BCUT2D eigenvalue weighted by molar-refractivity contribution is 6.31. The number of aromatic nitrogens is 1. The minimum atomic E-state index is -1.01. The molecule has 1 aromatic heterocycles. The van der Waals surface area contributed by atoms with Gasteiger partial charge in [0.25, 0.3) is 0 Å². The van der Waals surface area contributed by atoms with E-state index in [4.69, 9.17) is 25.9 Å². The topological polar surface area (TPSA) is 72.6 Å². The molecule has 0 fully saturated rings. The molecule has 0 aliphatic heterocycles. The summed E-state index contributed by atoms with van der Waals surface area (Å²) >= 11 is 5.92. The van der Waals surface area contributed by atoms with E-state index < -0.39 is 12.1 Å². The molecule has 5 nitrogen and oxygen atoms in total. The van der Waals surface area contributed by atoms with E-state index in [1.54, 1.807) is 42.5 Å². The van der Waals surface area contributed by atoms with Crippen molar-refractivity contribution in [2.45, 2.75) is 13.0 Å². The number of fused-ring (bicyclic) bond motifs is 1. The van der Waals surface area contributed by atoms with Crippen molar-refractivity contribution < 1.29 is 19.1 Å². The van der Waals surface area contributed by atoms with E-state index in [9.17, 15) is 4.79 Å². The average molecular weight is 318 g/mol. The van der Waals surface area contributed by atoms with Gasteiger partial charge in [-0.3, -0.25) is 0 Å². The van der Waals surface area contributed by atoms with Crippen LogP contribution in [0.5, 0.6) is 5.75 Å². The quantitative estimate of drug-likeness (QED) is 0.787. The Labute approximate surface area is 131 Å². The first-order chi connectivity index (χ1) is 10.5. The summed E-state index contributed by atoms with van der Waals surface area (Å²) in [6.07, 6.45) is -0.905. The van der Waals surface area contributed by atoms with E-state index >= 15 is 0 Å². The van der Waals surface area contributed by atoms with Gasteiger partial charge in [-0.2, -0.15) is 0 Å². The number of aliphatic carboxylic acids is 1. The second-order valence-corrected chi connectivity index (χ2v) is 5.19. The number of benzene rings is 2. The third-order valence-electron chi connectivity index (χ3n) is 3.11. The summed E-state index contributed by atoms with van der Waals surface area (Å²) in [4.78, 5) is 15.1. The predicted molar refractivity (Wildman–Crippen MR) is 82.2 cm³/mol. The fourth-order valence-electron chi connectivity index (χ4n) is 1.95. The van der Waals surface area contributed by atoms with E-state index in [-0.39, 0.29) is 0 Å². The van der Waals surface area contributed by atoms with Crippen LogP contribution in [0.2, 0.25) is 5.02 Å². The molecule has 6 heteroatoms. The fourth-order valence-corrected chi connectivity index (χ4v) is 2.11. The summed E-state index contributed by atoms with van der Waals surface area (Å²) in [7, 11) is 0. The van der Waals surface area contributed by atoms with Gasteiger partial charge in [0.15, 0.2) is 11.7 Å². The molecule has 2 aromatic carbocycles. The largest absolute Gasteiger partial charge is 0.479 e. The molecule has 0 aliphatic rings. The van der Waals surface area contributed by atoms with Crippen molar-refractivity contribution in [3.8, 4) is 17.2 Å². The Hall–Kier alpha value is -2.53. The molecule has 0 bridgehead atoms. The van der Waals surface area contributed by atoms with E-state index in [1.807, 2.05) is 0 Å². The molecule has 0 spiro atoms. The van der Waals surface area contributed by atoms with Crippen LogP contribution < -0.4 is 4.74 Å². The maximum Gasteiger partial charge on any atom is 0.344 e. The van der Waals surface area contributed by atoms with Crippen LogP contribution in [-0.4, -0.2) is 22.2 Å². The molecule has 1 atom stereocenters. The molecule has 3 rings (SSSR count). The Bertz CT molecular complexity index is 826. The van der Waals surface area contributed by atoms with Crippen LogP contribution in [0.3, 0.4) is 0 Å². The fraction of sp³-hybridized carbons (Fsp3) is 0.125. The highest BCUT2D eigenvalue weighted by Crippen LogP contribution is 2.27. The summed E-state index contributed by atoms with van der Waals surface area (Å²) in [6, 6.07) is 12.1. The van der Waals surface area contributed by atoms with Gasteiger partial charge in [-0.25, -0.2) is 9.78 Å². The lowest BCUT2D eigenvalue weighted by molar-refractivity contribution is -0.144. The Morgan fingerprint density at radius 3 is 2.68 bits per heavy atom. The molecule has 0 aliphatic carbocycles. The SMILES string of the molecule is C[C@@H](Oc1ccc(-c2nc3ccc(Cl)cc3o2)cc1)C(=O)O. The van der Waals surface area contributed by atoms with Gasteiger partial charge < -0.3 is 14.3 Å². The maximum absolute atomic E-state index is 10.8. The number of carboxylic acids is 1. The maximum atomic E-state index is 10.8. The number of ether oxygens (including phenoxy) is 1. The van der Waals surface area contributed by atoms with Crippen LogP contribution in [0.15, 0.2) is 46.9 Å². The molecule has 0 saturated heterocycles. The summed E-state index contributed by atoms with van der Waals surface area (Å²) in [6.45, 7) is 1.47. The molecule has 3 aromatic rings. The van der Waals surface area contributed by atoms with Gasteiger partial charge in [-0.1, -0.05) is 11.6 Å². The first-order valence-electron chi connectivity index (χ1n) is 6.59. The van der Waals surface area contributed by atoms with Gasteiger partial charge in [-0.15, -0.1) is 0 Å². The van der Waals surface area contributed by atoms with E-state index in [0.29, 0.717) is 22.2 Å². The average Bonchev–Trinajstić information content (AvgIpc) is 2.90. The molecule has 112 valence electrons. The summed E-state index contributed by atoms with van der Waals surface area (Å²) in [5, 5.41) is 9.40. The number of hydrogen-bond donors (Lipinski definition) is 1. The Morgan fingerprint density at radius 1 is 1.27 bits per heavy atom. The van der Waals surface area contributed by atoms with Gasteiger partial charge in [0.2, 0.25) is 5.89 Å². The predicted octanol–water partition coefficient (Wildman–Crippen LogP) is 4.00. The van der Waals surface area contributed by atoms with Crippen LogP contribution in [0.25, 0.3) is 22.6 Å². The number of rotatable bonds is 4. The number of hydrogen-bond acceptors (Lipinski definition) is 4. The Kier molecular flexibility index (Phi) is 3.73. The van der Waals surface area contributed by atoms with E-state index in [2.05, 4.69) is 4.98 Å².